The van der Waals surface area contributed by atoms with Crippen LogP contribution in [-0.2, 0) is 23.9 Å². The van der Waals surface area contributed by atoms with Crippen molar-refractivity contribution in [3.63, 3.8) is 0 Å². The molecule has 1 aliphatic rings. The Labute approximate surface area is 98.1 Å². The molecule has 5 nitrogen and oxygen atoms in total. The van der Waals surface area contributed by atoms with Gasteiger partial charge < -0.3 is 9.47 Å². The Morgan fingerprint density at radius 2 is 2.00 bits per heavy atom. The van der Waals surface area contributed by atoms with Gasteiger partial charge in [-0.25, -0.2) is 4.79 Å². The zero-order chi connectivity index (χ0) is 12.8. The second-order valence-corrected chi connectivity index (χ2v) is 2.97. The monoisotopic (exact) mass is 234 g/mol. The van der Waals surface area contributed by atoms with Crippen molar-refractivity contribution in [3.05, 3.63) is 23.5 Å². The van der Waals surface area contributed by atoms with Crippen LogP contribution in [-0.4, -0.2) is 31.3 Å². The first-order valence-corrected chi connectivity index (χ1v) is 4.83. The number of ketones is 2. The second kappa shape index (κ2) is 5.66. The van der Waals surface area contributed by atoms with Crippen LogP contribution in [0, 0.1) is 11.8 Å². The highest BCUT2D eigenvalue weighted by Crippen LogP contribution is 2.11. The largest absolute Gasteiger partial charge is 0.493 e. The third-order valence-corrected chi connectivity index (χ3v) is 1.84. The van der Waals surface area contributed by atoms with E-state index in [1.807, 2.05) is 0 Å². The number of methoxy groups -OCH3 is 1. The summed E-state index contributed by atoms with van der Waals surface area (Å²) in [7, 11) is 1.29. The van der Waals surface area contributed by atoms with Crippen molar-refractivity contribution in [1.29, 1.82) is 0 Å². The van der Waals surface area contributed by atoms with Crippen LogP contribution in [0.4, 0.5) is 0 Å². The quantitative estimate of drug-likeness (QED) is 0.294. The van der Waals surface area contributed by atoms with Gasteiger partial charge in [0.2, 0.25) is 5.78 Å². The van der Waals surface area contributed by atoms with Crippen molar-refractivity contribution in [1.82, 2.24) is 0 Å². The molecule has 0 saturated carbocycles. The Hall–Kier alpha value is -2.35. The minimum Gasteiger partial charge on any atom is -0.493 e. The van der Waals surface area contributed by atoms with Crippen molar-refractivity contribution in [2.24, 2.45) is 0 Å². The van der Waals surface area contributed by atoms with Gasteiger partial charge in [0.1, 0.15) is 0 Å². The Balaban J connectivity index is 2.85. The number of hydrogen-bond donors (Lipinski definition) is 0. The van der Waals surface area contributed by atoms with E-state index in [2.05, 4.69) is 16.6 Å². The number of esters is 1. The average molecular weight is 234 g/mol. The van der Waals surface area contributed by atoms with Crippen LogP contribution in [0.1, 0.15) is 6.92 Å². The van der Waals surface area contributed by atoms with E-state index in [0.717, 1.165) is 12.2 Å². The van der Waals surface area contributed by atoms with Gasteiger partial charge >= 0.3 is 5.97 Å². The van der Waals surface area contributed by atoms with Gasteiger partial charge in [0.15, 0.2) is 11.5 Å². The lowest BCUT2D eigenvalue weighted by Crippen LogP contribution is -2.13. The fourth-order valence-corrected chi connectivity index (χ4v) is 1.08. The summed E-state index contributed by atoms with van der Waals surface area (Å²) in [4.78, 5) is 33.7. The van der Waals surface area contributed by atoms with E-state index < -0.39 is 17.5 Å². The van der Waals surface area contributed by atoms with Gasteiger partial charge in [-0.15, -0.1) is 0 Å². The summed E-state index contributed by atoms with van der Waals surface area (Å²) < 4.78 is 9.25. The summed E-state index contributed by atoms with van der Waals surface area (Å²) >= 11 is 0. The Morgan fingerprint density at radius 1 is 1.29 bits per heavy atom. The maximum atomic E-state index is 11.4. The molecule has 0 aromatic rings. The van der Waals surface area contributed by atoms with E-state index >= 15 is 0 Å². The van der Waals surface area contributed by atoms with E-state index in [1.54, 1.807) is 6.92 Å². The molecule has 17 heavy (non-hydrogen) atoms. The van der Waals surface area contributed by atoms with Crippen molar-refractivity contribution in [2.75, 3.05) is 13.7 Å². The van der Waals surface area contributed by atoms with Crippen LogP contribution in [0.3, 0.4) is 0 Å². The first-order chi connectivity index (χ1) is 8.08. The molecule has 0 heterocycles. The van der Waals surface area contributed by atoms with Crippen LogP contribution in [0.15, 0.2) is 23.5 Å². The molecule has 0 unspecified atom stereocenters. The molecule has 0 atom stereocenters. The first-order valence-electron chi connectivity index (χ1n) is 4.83. The molecule has 0 aromatic carbocycles. The molecule has 0 N–H and O–H groups in total. The summed E-state index contributed by atoms with van der Waals surface area (Å²) in [6.45, 7) is 1.84. The predicted octanol–water partition coefficient (Wildman–Crippen LogP) is 0.161. The molecular weight excluding hydrogens is 224 g/mol. The van der Waals surface area contributed by atoms with E-state index in [-0.39, 0.29) is 17.9 Å². The molecule has 88 valence electrons. The van der Waals surface area contributed by atoms with Gasteiger partial charge in [-0.1, -0.05) is 5.92 Å². The lowest BCUT2D eigenvalue weighted by atomic mass is 10.0. The van der Waals surface area contributed by atoms with Crippen molar-refractivity contribution >= 4 is 17.5 Å². The molecule has 0 aromatic heterocycles. The molecule has 0 spiro atoms. The number of hydrogen-bond acceptors (Lipinski definition) is 5. The fourth-order valence-electron chi connectivity index (χ4n) is 1.08. The zero-order valence-electron chi connectivity index (χ0n) is 9.40. The highest BCUT2D eigenvalue weighted by atomic mass is 16.5. The Morgan fingerprint density at radius 3 is 2.59 bits per heavy atom. The summed E-state index contributed by atoms with van der Waals surface area (Å²) in [6.07, 6.45) is 2.07. The molecule has 0 radical (unpaired) electrons. The molecule has 1 rings (SSSR count). The van der Waals surface area contributed by atoms with E-state index in [1.165, 1.54) is 7.11 Å². The lowest BCUT2D eigenvalue weighted by Gasteiger charge is -2.06. The maximum absolute atomic E-state index is 11.4. The molecule has 0 aliphatic heterocycles. The van der Waals surface area contributed by atoms with Crippen LogP contribution in [0.5, 0.6) is 0 Å². The number of carbonyl (C=O) groups excluding carboxylic acids is 3. The van der Waals surface area contributed by atoms with Gasteiger partial charge in [0.05, 0.1) is 19.3 Å². The van der Waals surface area contributed by atoms with Gasteiger partial charge in [0, 0.05) is 18.1 Å². The van der Waals surface area contributed by atoms with Crippen molar-refractivity contribution in [2.45, 2.75) is 6.92 Å². The molecule has 0 bridgehead atoms. The van der Waals surface area contributed by atoms with Crippen LogP contribution in [0.2, 0.25) is 0 Å². The molecule has 0 amide bonds. The normalized spacial score (nSPS) is 14.2. The highest BCUT2D eigenvalue weighted by molar-refractivity contribution is 6.21. The molecule has 5 heteroatoms. The summed E-state index contributed by atoms with van der Waals surface area (Å²) in [5, 5.41) is 0. The van der Waals surface area contributed by atoms with Gasteiger partial charge in [0.25, 0.3) is 0 Å². The third-order valence-electron chi connectivity index (χ3n) is 1.84. The smallest absolute Gasteiger partial charge is 0.384 e. The number of ether oxygens (including phenoxy) is 2. The minimum atomic E-state index is -0.741. The minimum absolute atomic E-state index is 0.0447. The van der Waals surface area contributed by atoms with Gasteiger partial charge in [-0.3, -0.25) is 9.59 Å². The van der Waals surface area contributed by atoms with Gasteiger partial charge in [-0.05, 0) is 6.92 Å². The van der Waals surface area contributed by atoms with Crippen LogP contribution < -0.4 is 0 Å². The van der Waals surface area contributed by atoms with Gasteiger partial charge in [-0.2, -0.15) is 0 Å². The topological polar surface area (TPSA) is 69.7 Å². The Bertz CT molecular complexity index is 485. The molecule has 1 aliphatic carbocycles. The van der Waals surface area contributed by atoms with E-state index in [4.69, 9.17) is 4.74 Å². The average Bonchev–Trinajstić information content (AvgIpc) is 2.30. The first kappa shape index (κ1) is 12.7. The Kier molecular flexibility index (Phi) is 4.23. The predicted molar refractivity (Wildman–Crippen MR) is 57.6 cm³/mol. The number of allylic oxidation sites excluding steroid dienone is 3. The second-order valence-electron chi connectivity index (χ2n) is 2.97. The van der Waals surface area contributed by atoms with Crippen molar-refractivity contribution in [3.8, 4) is 11.8 Å². The van der Waals surface area contributed by atoms with Crippen LogP contribution in [0.25, 0.3) is 0 Å². The lowest BCUT2D eigenvalue weighted by molar-refractivity contribution is -0.136. The van der Waals surface area contributed by atoms with E-state index in [9.17, 15) is 14.4 Å². The fraction of sp³-hybridized carbons (Fsp3) is 0.250. The standard InChI is InChI=1S/C12H10O5/c1-3-17-12(15)5-4-8-6-10(14)11(16-2)7-9(8)13/h6-7H,3H2,1-2H3. The molecule has 0 saturated heterocycles. The number of carbonyl (C=O) groups is 3. The van der Waals surface area contributed by atoms with Crippen molar-refractivity contribution < 1.29 is 23.9 Å². The zero-order valence-corrected chi connectivity index (χ0v) is 9.40. The third kappa shape index (κ3) is 3.31. The SMILES string of the molecule is CCOC(=O)C#CC1=CC(=O)C(OC)=CC1=O. The molecule has 0 fully saturated rings. The summed E-state index contributed by atoms with van der Waals surface area (Å²) in [5.74, 6) is 2.69. The summed E-state index contributed by atoms with van der Waals surface area (Å²) in [6, 6.07) is 0. The van der Waals surface area contributed by atoms with Crippen LogP contribution >= 0.6 is 0 Å². The molecular formula is C12H10O5. The maximum Gasteiger partial charge on any atom is 0.384 e. The number of rotatable bonds is 2. The summed E-state index contributed by atoms with van der Waals surface area (Å²) in [5.41, 5.74) is -0.0520. The van der Waals surface area contributed by atoms with E-state index in [0.29, 0.717) is 0 Å². The highest BCUT2D eigenvalue weighted by Gasteiger charge is 2.19.